The van der Waals surface area contributed by atoms with Crippen molar-refractivity contribution in [1.82, 2.24) is 10.1 Å². The summed E-state index contributed by atoms with van der Waals surface area (Å²) in [6.45, 7) is 7.65. The van der Waals surface area contributed by atoms with Crippen LogP contribution in [-0.4, -0.2) is 55.0 Å². The molecule has 2 saturated heterocycles. The van der Waals surface area contributed by atoms with Gasteiger partial charge in [-0.1, -0.05) is 16.8 Å². The van der Waals surface area contributed by atoms with Crippen LogP contribution in [0.3, 0.4) is 0 Å². The Morgan fingerprint density at radius 1 is 1.33 bits per heavy atom. The molecule has 2 atom stereocenters. The Bertz CT molecular complexity index is 702. The zero-order chi connectivity index (χ0) is 18.9. The second-order valence-corrected chi connectivity index (χ2v) is 8.06. The average molecular weight is 374 g/mol. The van der Waals surface area contributed by atoms with E-state index in [0.29, 0.717) is 19.4 Å². The third kappa shape index (κ3) is 3.45. The van der Waals surface area contributed by atoms with Gasteiger partial charge in [0.2, 0.25) is 5.91 Å². The van der Waals surface area contributed by atoms with Gasteiger partial charge in [0.1, 0.15) is 5.76 Å². The maximum Gasteiger partial charge on any atom is 0.223 e. The highest BCUT2D eigenvalue weighted by Crippen LogP contribution is 2.48. The SMILES string of the molecule is Cc1noc(C)c1CCC(=O)N1CCC[C@@]2(C3=CCOCC3)COCC[C@H]12. The lowest BCUT2D eigenvalue weighted by Gasteiger charge is -2.54. The molecule has 6 heteroatoms. The average Bonchev–Trinajstić information content (AvgIpc) is 3.03. The molecule has 0 N–H and O–H groups in total. The molecule has 148 valence electrons. The fraction of sp³-hybridized carbons (Fsp3) is 0.714. The van der Waals surface area contributed by atoms with Crippen molar-refractivity contribution >= 4 is 5.91 Å². The molecule has 4 rings (SSSR count). The Kier molecular flexibility index (Phi) is 5.37. The minimum Gasteiger partial charge on any atom is -0.380 e. The van der Waals surface area contributed by atoms with Crippen LogP contribution in [0.15, 0.2) is 16.2 Å². The number of aromatic nitrogens is 1. The number of ether oxygens (including phenoxy) is 2. The smallest absolute Gasteiger partial charge is 0.223 e. The van der Waals surface area contributed by atoms with Gasteiger partial charge >= 0.3 is 0 Å². The van der Waals surface area contributed by atoms with Gasteiger partial charge in [-0.2, -0.15) is 0 Å². The van der Waals surface area contributed by atoms with Crippen LogP contribution in [0.25, 0.3) is 0 Å². The quantitative estimate of drug-likeness (QED) is 0.758. The number of likely N-dealkylation sites (tertiary alicyclic amines) is 1. The molecule has 3 aliphatic rings. The van der Waals surface area contributed by atoms with Crippen LogP contribution in [0.1, 0.15) is 49.1 Å². The molecule has 1 amide bonds. The van der Waals surface area contributed by atoms with Crippen molar-refractivity contribution in [2.24, 2.45) is 5.41 Å². The third-order valence-corrected chi connectivity index (χ3v) is 6.62. The van der Waals surface area contributed by atoms with E-state index in [4.69, 9.17) is 14.0 Å². The van der Waals surface area contributed by atoms with E-state index >= 15 is 0 Å². The number of rotatable bonds is 4. The predicted octanol–water partition coefficient (Wildman–Crippen LogP) is 2.97. The molecule has 0 bridgehead atoms. The van der Waals surface area contributed by atoms with Gasteiger partial charge in [-0.05, 0) is 46.0 Å². The van der Waals surface area contributed by atoms with Crippen LogP contribution in [0.5, 0.6) is 0 Å². The van der Waals surface area contributed by atoms with Crippen molar-refractivity contribution in [2.75, 3.05) is 33.0 Å². The standard InChI is InChI=1S/C21H30N2O4/c1-15-18(16(2)27-22-15)4-5-20(24)23-10-3-9-21(14-26-13-8-19(21)23)17-6-11-25-12-7-17/h6,19H,3-5,7-14H2,1-2H3/t19-,21-/m0/s1. The zero-order valence-corrected chi connectivity index (χ0v) is 16.5. The van der Waals surface area contributed by atoms with Gasteiger partial charge in [0.15, 0.2) is 0 Å². The lowest BCUT2D eigenvalue weighted by atomic mass is 9.65. The molecule has 0 radical (unpaired) electrons. The number of fused-ring (bicyclic) bond motifs is 1. The summed E-state index contributed by atoms with van der Waals surface area (Å²) in [4.78, 5) is 15.3. The highest BCUT2D eigenvalue weighted by molar-refractivity contribution is 5.77. The number of hydrogen-bond donors (Lipinski definition) is 0. The van der Waals surface area contributed by atoms with Gasteiger partial charge in [0, 0.05) is 36.6 Å². The first-order valence-corrected chi connectivity index (χ1v) is 10.2. The van der Waals surface area contributed by atoms with E-state index in [2.05, 4.69) is 16.1 Å². The van der Waals surface area contributed by atoms with Gasteiger partial charge in [0.25, 0.3) is 0 Å². The molecule has 3 aliphatic heterocycles. The summed E-state index contributed by atoms with van der Waals surface area (Å²) in [5, 5.41) is 4.01. The fourth-order valence-corrected chi connectivity index (χ4v) is 5.21. The van der Waals surface area contributed by atoms with E-state index < -0.39 is 0 Å². The summed E-state index contributed by atoms with van der Waals surface area (Å²) >= 11 is 0. The lowest BCUT2D eigenvalue weighted by molar-refractivity contribution is -0.147. The number of hydrogen-bond acceptors (Lipinski definition) is 5. The molecule has 0 saturated carbocycles. The van der Waals surface area contributed by atoms with Crippen molar-refractivity contribution in [3.8, 4) is 0 Å². The third-order valence-electron chi connectivity index (χ3n) is 6.62. The minimum atomic E-state index is -0.0149. The number of carbonyl (C=O) groups excluding carboxylic acids is 1. The van der Waals surface area contributed by atoms with Gasteiger partial charge in [-0.25, -0.2) is 0 Å². The molecule has 2 fully saturated rings. The predicted molar refractivity (Wildman–Crippen MR) is 100 cm³/mol. The lowest BCUT2D eigenvalue weighted by Crippen LogP contribution is -2.59. The number of piperidine rings is 1. The summed E-state index contributed by atoms with van der Waals surface area (Å²) in [6.07, 6.45) is 7.48. The zero-order valence-electron chi connectivity index (χ0n) is 16.5. The van der Waals surface area contributed by atoms with E-state index in [1.165, 1.54) is 5.57 Å². The minimum absolute atomic E-state index is 0.0149. The van der Waals surface area contributed by atoms with Gasteiger partial charge in [-0.15, -0.1) is 0 Å². The Hall–Kier alpha value is -1.66. The topological polar surface area (TPSA) is 64.8 Å². The normalized spacial score (nSPS) is 28.6. The first-order chi connectivity index (χ1) is 13.1. The molecule has 4 heterocycles. The van der Waals surface area contributed by atoms with Crippen molar-refractivity contribution in [3.05, 3.63) is 28.7 Å². The van der Waals surface area contributed by atoms with Crippen LogP contribution in [0.2, 0.25) is 0 Å². The second-order valence-electron chi connectivity index (χ2n) is 8.06. The van der Waals surface area contributed by atoms with Crippen molar-refractivity contribution in [3.63, 3.8) is 0 Å². The molecular weight excluding hydrogens is 344 g/mol. The van der Waals surface area contributed by atoms with Crippen molar-refractivity contribution < 1.29 is 18.8 Å². The summed E-state index contributed by atoms with van der Waals surface area (Å²) in [6, 6.07) is 0.251. The van der Waals surface area contributed by atoms with E-state index in [0.717, 1.165) is 69.1 Å². The maximum absolute atomic E-state index is 13.2. The Balaban J connectivity index is 1.52. The number of amides is 1. The van der Waals surface area contributed by atoms with Crippen molar-refractivity contribution in [1.29, 1.82) is 0 Å². The number of aryl methyl sites for hydroxylation is 2. The Morgan fingerprint density at radius 3 is 2.96 bits per heavy atom. The largest absolute Gasteiger partial charge is 0.380 e. The molecule has 1 aromatic heterocycles. The van der Waals surface area contributed by atoms with Gasteiger partial charge in [0.05, 0.1) is 25.5 Å². The summed E-state index contributed by atoms with van der Waals surface area (Å²) < 4.78 is 16.7. The Morgan fingerprint density at radius 2 is 2.22 bits per heavy atom. The van der Waals surface area contributed by atoms with Crippen LogP contribution < -0.4 is 0 Å². The van der Waals surface area contributed by atoms with Gasteiger partial charge < -0.3 is 18.9 Å². The molecule has 0 unspecified atom stereocenters. The van der Waals surface area contributed by atoms with E-state index in [1.54, 1.807) is 0 Å². The first kappa shape index (κ1) is 18.7. The van der Waals surface area contributed by atoms with Crippen LogP contribution in [0.4, 0.5) is 0 Å². The summed E-state index contributed by atoms with van der Waals surface area (Å²) in [5.74, 6) is 1.07. The van der Waals surface area contributed by atoms with E-state index in [-0.39, 0.29) is 17.4 Å². The van der Waals surface area contributed by atoms with Gasteiger partial charge in [-0.3, -0.25) is 4.79 Å². The molecule has 6 nitrogen and oxygen atoms in total. The molecular formula is C21H30N2O4. The fourth-order valence-electron chi connectivity index (χ4n) is 5.21. The van der Waals surface area contributed by atoms with Crippen LogP contribution in [0, 0.1) is 19.3 Å². The van der Waals surface area contributed by atoms with E-state index in [1.807, 2.05) is 13.8 Å². The Labute approximate surface area is 160 Å². The highest BCUT2D eigenvalue weighted by atomic mass is 16.5. The monoisotopic (exact) mass is 374 g/mol. The summed E-state index contributed by atoms with van der Waals surface area (Å²) in [5.41, 5.74) is 3.40. The molecule has 0 spiro atoms. The highest BCUT2D eigenvalue weighted by Gasteiger charge is 2.50. The van der Waals surface area contributed by atoms with Crippen LogP contribution >= 0.6 is 0 Å². The second kappa shape index (κ2) is 7.76. The van der Waals surface area contributed by atoms with Crippen LogP contribution in [-0.2, 0) is 20.7 Å². The molecule has 27 heavy (non-hydrogen) atoms. The summed E-state index contributed by atoms with van der Waals surface area (Å²) in [7, 11) is 0. The maximum atomic E-state index is 13.2. The van der Waals surface area contributed by atoms with E-state index in [9.17, 15) is 4.79 Å². The molecule has 0 aromatic carbocycles. The van der Waals surface area contributed by atoms with Crippen molar-refractivity contribution in [2.45, 2.75) is 58.4 Å². The number of carbonyl (C=O) groups is 1. The molecule has 0 aliphatic carbocycles. The molecule has 1 aromatic rings. The first-order valence-electron chi connectivity index (χ1n) is 10.2. The number of nitrogens with zero attached hydrogens (tertiary/aromatic N) is 2.